The minimum absolute atomic E-state index is 1.25. The molecule has 4 heteroatoms. The van der Waals surface area contributed by atoms with Gasteiger partial charge in [0.15, 0.2) is 0 Å². The van der Waals surface area contributed by atoms with Gasteiger partial charge in [-0.15, -0.1) is 0 Å². The summed E-state index contributed by atoms with van der Waals surface area (Å²) in [4.78, 5) is 0. The van der Waals surface area contributed by atoms with E-state index in [1.54, 1.807) is 0 Å². The van der Waals surface area contributed by atoms with E-state index in [4.69, 9.17) is 10.2 Å². The Kier molecular flexibility index (Phi) is 7.85. The highest BCUT2D eigenvalue weighted by Crippen LogP contribution is 1.92. The molecule has 1 aromatic carbocycles. The molecule has 0 amide bonds. The fraction of sp³-hybridized carbons (Fsp3) is 0.455. The molecule has 0 aliphatic rings. The Morgan fingerprint density at radius 2 is 1.33 bits per heavy atom. The minimum Gasteiger partial charge on any atom is -0.364 e. The van der Waals surface area contributed by atoms with Crippen LogP contribution in [0.1, 0.15) is 5.56 Å². The van der Waals surface area contributed by atoms with Crippen LogP contribution in [0.3, 0.4) is 0 Å². The Bertz CT molecular complexity index is 230. The Balaban J connectivity index is 0.000000262. The van der Waals surface area contributed by atoms with E-state index in [1.165, 1.54) is 19.8 Å². The van der Waals surface area contributed by atoms with Crippen LogP contribution in [0, 0.1) is 6.92 Å². The standard InChI is InChI=1S/C7H8.C4H10O4/c1-7-5-3-2-4-6-7;1-7-3(5)4(6)8-2/h2-6H,1H3;3-6H,1-2H3. The second-order valence-corrected chi connectivity index (χ2v) is 2.91. The van der Waals surface area contributed by atoms with E-state index in [2.05, 4.69) is 28.5 Å². The van der Waals surface area contributed by atoms with Crippen molar-refractivity contribution < 1.29 is 19.7 Å². The smallest absolute Gasteiger partial charge is 0.206 e. The van der Waals surface area contributed by atoms with Crippen molar-refractivity contribution in [3.63, 3.8) is 0 Å². The van der Waals surface area contributed by atoms with Gasteiger partial charge in [0, 0.05) is 14.2 Å². The van der Waals surface area contributed by atoms with Gasteiger partial charge in [0.2, 0.25) is 12.6 Å². The molecule has 86 valence electrons. The Morgan fingerprint density at radius 1 is 0.933 bits per heavy atom. The van der Waals surface area contributed by atoms with Gasteiger partial charge in [-0.25, -0.2) is 0 Å². The highest BCUT2D eigenvalue weighted by atomic mass is 16.7. The number of methoxy groups -OCH3 is 2. The zero-order valence-corrected chi connectivity index (χ0v) is 9.25. The predicted octanol–water partition coefficient (Wildman–Crippen LogP) is 0.911. The molecule has 15 heavy (non-hydrogen) atoms. The van der Waals surface area contributed by atoms with Gasteiger partial charge in [0.05, 0.1) is 0 Å². The zero-order valence-electron chi connectivity index (χ0n) is 9.25. The molecule has 2 unspecified atom stereocenters. The fourth-order valence-electron chi connectivity index (χ4n) is 0.767. The first kappa shape index (κ1) is 14.1. The van der Waals surface area contributed by atoms with Gasteiger partial charge in [0.1, 0.15) is 0 Å². The normalized spacial score (nSPS) is 13.7. The maximum absolute atomic E-state index is 8.53. The molecule has 0 heterocycles. The third kappa shape index (κ3) is 7.04. The van der Waals surface area contributed by atoms with Crippen LogP contribution in [0.25, 0.3) is 0 Å². The summed E-state index contributed by atoms with van der Waals surface area (Å²) in [5.41, 5.74) is 1.32. The van der Waals surface area contributed by atoms with Crippen molar-refractivity contribution in [3.8, 4) is 0 Å². The van der Waals surface area contributed by atoms with E-state index < -0.39 is 12.6 Å². The summed E-state index contributed by atoms with van der Waals surface area (Å²) in [5, 5.41) is 17.1. The van der Waals surface area contributed by atoms with E-state index >= 15 is 0 Å². The third-order valence-corrected chi connectivity index (χ3v) is 1.67. The molecule has 0 fully saturated rings. The first-order chi connectivity index (χ1) is 7.11. The number of aryl methyl sites for hydroxylation is 1. The van der Waals surface area contributed by atoms with Crippen LogP contribution in [-0.4, -0.2) is 37.0 Å². The van der Waals surface area contributed by atoms with Crippen molar-refractivity contribution in [3.05, 3.63) is 35.9 Å². The van der Waals surface area contributed by atoms with Crippen molar-refractivity contribution in [1.29, 1.82) is 0 Å². The molecule has 0 radical (unpaired) electrons. The van der Waals surface area contributed by atoms with Crippen LogP contribution in [0.2, 0.25) is 0 Å². The molecule has 0 saturated carbocycles. The molecule has 0 aliphatic carbocycles. The molecule has 4 nitrogen and oxygen atoms in total. The van der Waals surface area contributed by atoms with E-state index in [0.717, 1.165) is 0 Å². The fourth-order valence-corrected chi connectivity index (χ4v) is 0.767. The van der Waals surface area contributed by atoms with E-state index in [-0.39, 0.29) is 0 Å². The zero-order chi connectivity index (χ0) is 11.7. The summed E-state index contributed by atoms with van der Waals surface area (Å²) in [7, 11) is 2.54. The van der Waals surface area contributed by atoms with Crippen LogP contribution >= 0.6 is 0 Å². The topological polar surface area (TPSA) is 58.9 Å². The summed E-state index contributed by atoms with van der Waals surface area (Å²) in [6, 6.07) is 10.3. The Morgan fingerprint density at radius 3 is 1.53 bits per heavy atom. The lowest BCUT2D eigenvalue weighted by Gasteiger charge is -2.12. The molecule has 0 aliphatic heterocycles. The molecular formula is C11H18O4. The quantitative estimate of drug-likeness (QED) is 0.734. The predicted molar refractivity (Wildman–Crippen MR) is 57.2 cm³/mol. The molecule has 2 N–H and O–H groups in total. The minimum atomic E-state index is -1.25. The first-order valence-corrected chi connectivity index (χ1v) is 4.55. The van der Waals surface area contributed by atoms with Crippen LogP contribution in [0.4, 0.5) is 0 Å². The number of ether oxygens (including phenoxy) is 2. The molecule has 2 atom stereocenters. The van der Waals surface area contributed by atoms with Gasteiger partial charge in [-0.05, 0) is 6.92 Å². The van der Waals surface area contributed by atoms with Crippen molar-refractivity contribution in [2.24, 2.45) is 0 Å². The highest BCUT2D eigenvalue weighted by Gasteiger charge is 2.12. The van der Waals surface area contributed by atoms with Gasteiger partial charge in [-0.2, -0.15) is 0 Å². The maximum atomic E-state index is 8.53. The molecular weight excluding hydrogens is 196 g/mol. The van der Waals surface area contributed by atoms with E-state index in [1.807, 2.05) is 18.2 Å². The maximum Gasteiger partial charge on any atom is 0.206 e. The largest absolute Gasteiger partial charge is 0.364 e. The number of benzene rings is 1. The Hall–Kier alpha value is -0.940. The van der Waals surface area contributed by atoms with Crippen LogP contribution in [0.5, 0.6) is 0 Å². The summed E-state index contributed by atoms with van der Waals surface area (Å²) >= 11 is 0. The van der Waals surface area contributed by atoms with Gasteiger partial charge in [-0.3, -0.25) is 0 Å². The first-order valence-electron chi connectivity index (χ1n) is 4.55. The molecule has 1 rings (SSSR count). The summed E-state index contributed by atoms with van der Waals surface area (Å²) in [6.45, 7) is 2.08. The van der Waals surface area contributed by atoms with Gasteiger partial charge < -0.3 is 19.7 Å². The van der Waals surface area contributed by atoms with Gasteiger partial charge in [-0.1, -0.05) is 35.9 Å². The molecule has 0 saturated heterocycles. The number of aliphatic hydroxyl groups excluding tert-OH is 2. The number of aliphatic hydroxyl groups is 2. The van der Waals surface area contributed by atoms with Crippen molar-refractivity contribution in [2.75, 3.05) is 14.2 Å². The van der Waals surface area contributed by atoms with Gasteiger partial charge >= 0.3 is 0 Å². The van der Waals surface area contributed by atoms with Crippen LogP contribution in [0.15, 0.2) is 30.3 Å². The van der Waals surface area contributed by atoms with Crippen molar-refractivity contribution >= 4 is 0 Å². The second kappa shape index (κ2) is 8.38. The number of hydrogen-bond acceptors (Lipinski definition) is 4. The molecule has 0 aromatic heterocycles. The lowest BCUT2D eigenvalue weighted by Crippen LogP contribution is -2.28. The average Bonchev–Trinajstić information content (AvgIpc) is 2.29. The van der Waals surface area contributed by atoms with Gasteiger partial charge in [0.25, 0.3) is 0 Å². The van der Waals surface area contributed by atoms with Crippen LogP contribution < -0.4 is 0 Å². The lowest BCUT2D eigenvalue weighted by atomic mass is 10.2. The summed E-state index contributed by atoms with van der Waals surface area (Å²) in [5.74, 6) is 0. The third-order valence-electron chi connectivity index (χ3n) is 1.67. The summed E-state index contributed by atoms with van der Waals surface area (Å²) in [6.07, 6.45) is -2.50. The van der Waals surface area contributed by atoms with E-state index in [0.29, 0.717) is 0 Å². The molecule has 0 bridgehead atoms. The average molecular weight is 214 g/mol. The molecule has 0 spiro atoms. The Labute approximate surface area is 90.1 Å². The summed E-state index contributed by atoms with van der Waals surface area (Å²) < 4.78 is 8.57. The van der Waals surface area contributed by atoms with Crippen molar-refractivity contribution in [1.82, 2.24) is 0 Å². The monoisotopic (exact) mass is 214 g/mol. The molecule has 1 aromatic rings. The number of hydrogen-bond donors (Lipinski definition) is 2. The van der Waals surface area contributed by atoms with Crippen LogP contribution in [-0.2, 0) is 9.47 Å². The second-order valence-electron chi connectivity index (χ2n) is 2.91. The van der Waals surface area contributed by atoms with E-state index in [9.17, 15) is 0 Å². The highest BCUT2D eigenvalue weighted by molar-refractivity contribution is 5.11. The van der Waals surface area contributed by atoms with Crippen molar-refractivity contribution in [2.45, 2.75) is 19.5 Å². The number of rotatable bonds is 3. The lowest BCUT2D eigenvalue weighted by molar-refractivity contribution is -0.232. The SMILES string of the molecule is COC(O)C(O)OC.Cc1ccccc1.